The molecule has 36 heavy (non-hydrogen) atoms. The van der Waals surface area contributed by atoms with Crippen LogP contribution in [0.15, 0.2) is 79.0 Å². The van der Waals surface area contributed by atoms with E-state index in [2.05, 4.69) is 53.1 Å². The number of nitrogens with zero attached hydrogens (tertiary/aromatic N) is 1. The van der Waals surface area contributed by atoms with Gasteiger partial charge in [0, 0.05) is 10.2 Å². The highest BCUT2D eigenvalue weighted by molar-refractivity contribution is 9.11. The average molecular weight is 695 g/mol. The van der Waals surface area contributed by atoms with E-state index >= 15 is 0 Å². The van der Waals surface area contributed by atoms with Gasteiger partial charge in [-0.2, -0.15) is 0 Å². The molecule has 0 radical (unpaired) electrons. The Hall–Kier alpha value is -2.40. The molecule has 0 bridgehead atoms. The van der Waals surface area contributed by atoms with Crippen LogP contribution in [0.4, 0.5) is 10.5 Å². The summed E-state index contributed by atoms with van der Waals surface area (Å²) in [5.74, 6) is -0.183. The van der Waals surface area contributed by atoms with E-state index in [1.54, 1.807) is 18.2 Å². The van der Waals surface area contributed by atoms with Crippen molar-refractivity contribution in [3.8, 4) is 5.75 Å². The zero-order chi connectivity index (χ0) is 25.8. The van der Waals surface area contributed by atoms with Crippen LogP contribution in [-0.2, 0) is 16.1 Å². The summed E-state index contributed by atoms with van der Waals surface area (Å²) < 4.78 is 7.75. The van der Waals surface area contributed by atoms with E-state index in [0.717, 1.165) is 27.4 Å². The summed E-state index contributed by atoms with van der Waals surface area (Å²) in [6.07, 6.45) is 1.66. The quantitative estimate of drug-likeness (QED) is 0.259. The van der Waals surface area contributed by atoms with Crippen LogP contribution in [0.1, 0.15) is 16.7 Å². The van der Waals surface area contributed by atoms with E-state index in [9.17, 15) is 14.4 Å². The molecule has 184 valence electrons. The maximum Gasteiger partial charge on any atom is 0.293 e. The molecular formula is C26H19Br3N2O4S. The molecule has 10 heteroatoms. The Morgan fingerprint density at radius 3 is 2.42 bits per heavy atom. The van der Waals surface area contributed by atoms with Crippen LogP contribution in [0, 0.1) is 6.92 Å². The Morgan fingerprint density at radius 2 is 1.72 bits per heavy atom. The molecule has 0 saturated carbocycles. The van der Waals surface area contributed by atoms with Crippen LogP contribution in [0.3, 0.4) is 0 Å². The lowest BCUT2D eigenvalue weighted by Crippen LogP contribution is -2.27. The molecule has 1 N–H and O–H groups in total. The van der Waals surface area contributed by atoms with Gasteiger partial charge < -0.3 is 10.1 Å². The number of benzene rings is 3. The summed E-state index contributed by atoms with van der Waals surface area (Å²) >= 11 is 11.3. The van der Waals surface area contributed by atoms with Crippen molar-refractivity contribution in [3.63, 3.8) is 0 Å². The predicted molar refractivity (Wildman–Crippen MR) is 153 cm³/mol. The van der Waals surface area contributed by atoms with Gasteiger partial charge in [0.2, 0.25) is 0 Å². The third-order valence-corrected chi connectivity index (χ3v) is 7.99. The molecule has 1 fully saturated rings. The van der Waals surface area contributed by atoms with E-state index in [-0.39, 0.29) is 30.2 Å². The largest absolute Gasteiger partial charge is 0.481 e. The maximum atomic E-state index is 12.9. The Morgan fingerprint density at radius 1 is 1.00 bits per heavy atom. The van der Waals surface area contributed by atoms with E-state index in [0.29, 0.717) is 30.9 Å². The van der Waals surface area contributed by atoms with Crippen molar-refractivity contribution in [2.45, 2.75) is 13.5 Å². The van der Waals surface area contributed by atoms with Gasteiger partial charge in [-0.05, 0) is 104 Å². The van der Waals surface area contributed by atoms with Crippen molar-refractivity contribution < 1.29 is 19.1 Å². The first-order valence-corrected chi connectivity index (χ1v) is 13.9. The number of thioether (sulfide) groups is 1. The second-order valence-corrected chi connectivity index (χ2v) is 11.4. The molecule has 0 spiro atoms. The molecule has 3 aromatic rings. The summed E-state index contributed by atoms with van der Waals surface area (Å²) in [5.41, 5.74) is 3.28. The normalized spacial score (nSPS) is 14.4. The van der Waals surface area contributed by atoms with Gasteiger partial charge >= 0.3 is 0 Å². The first kappa shape index (κ1) is 26.7. The predicted octanol–water partition coefficient (Wildman–Crippen LogP) is 7.54. The second-order valence-electron chi connectivity index (χ2n) is 7.88. The van der Waals surface area contributed by atoms with E-state index in [4.69, 9.17) is 4.74 Å². The number of rotatable bonds is 7. The van der Waals surface area contributed by atoms with Crippen LogP contribution in [0.2, 0.25) is 0 Å². The summed E-state index contributed by atoms with van der Waals surface area (Å²) in [6.45, 7) is 1.96. The SMILES string of the molecule is Cc1cccc(NC(=O)COc2c(Br)cc(/C=C3\SC(=O)N(Cc4ccccc4Br)C3=O)cc2Br)c1. The molecule has 0 aromatic heterocycles. The van der Waals surface area contributed by atoms with Gasteiger partial charge in [-0.15, -0.1) is 0 Å². The molecule has 0 unspecified atom stereocenters. The highest BCUT2D eigenvalue weighted by Crippen LogP contribution is 2.38. The molecule has 0 atom stereocenters. The number of ether oxygens (including phenoxy) is 1. The van der Waals surface area contributed by atoms with Crippen molar-refractivity contribution in [1.82, 2.24) is 4.90 Å². The van der Waals surface area contributed by atoms with Gasteiger partial charge in [-0.25, -0.2) is 0 Å². The van der Waals surface area contributed by atoms with Gasteiger partial charge in [-0.3, -0.25) is 19.3 Å². The number of aryl methyl sites for hydroxylation is 1. The van der Waals surface area contributed by atoms with Crippen molar-refractivity contribution in [2.75, 3.05) is 11.9 Å². The first-order valence-electron chi connectivity index (χ1n) is 10.7. The van der Waals surface area contributed by atoms with Crippen LogP contribution in [0.5, 0.6) is 5.75 Å². The van der Waals surface area contributed by atoms with Crippen molar-refractivity contribution >= 4 is 88.4 Å². The summed E-state index contributed by atoms with van der Waals surface area (Å²) in [4.78, 5) is 39.3. The lowest BCUT2D eigenvalue weighted by molar-refractivity contribution is -0.123. The zero-order valence-corrected chi connectivity index (χ0v) is 24.5. The third-order valence-electron chi connectivity index (χ3n) is 5.13. The van der Waals surface area contributed by atoms with Gasteiger partial charge in [0.05, 0.1) is 20.4 Å². The second kappa shape index (κ2) is 11.8. The molecular weight excluding hydrogens is 676 g/mol. The number of imide groups is 1. The molecule has 0 aliphatic carbocycles. The number of hydrogen-bond acceptors (Lipinski definition) is 5. The number of carbonyl (C=O) groups excluding carboxylic acids is 3. The number of halogens is 3. The molecule has 1 heterocycles. The molecule has 3 amide bonds. The van der Waals surface area contributed by atoms with Gasteiger partial charge in [0.15, 0.2) is 6.61 Å². The smallest absolute Gasteiger partial charge is 0.293 e. The lowest BCUT2D eigenvalue weighted by Gasteiger charge is -2.13. The van der Waals surface area contributed by atoms with Crippen LogP contribution in [-0.4, -0.2) is 28.6 Å². The van der Waals surface area contributed by atoms with Crippen molar-refractivity contribution in [1.29, 1.82) is 0 Å². The summed E-state index contributed by atoms with van der Waals surface area (Å²) in [6, 6.07) is 18.5. The van der Waals surface area contributed by atoms with Crippen LogP contribution >= 0.6 is 59.6 Å². The number of carbonyl (C=O) groups is 3. The van der Waals surface area contributed by atoms with Crippen molar-refractivity contribution in [3.05, 3.63) is 95.7 Å². The molecule has 6 nitrogen and oxygen atoms in total. The summed E-state index contributed by atoms with van der Waals surface area (Å²) in [7, 11) is 0. The Labute approximate surface area is 237 Å². The standard InChI is InChI=1S/C26H19Br3N2O4S/c1-15-5-4-7-18(9-15)30-23(32)14-35-24-20(28)10-16(11-21(24)29)12-22-25(33)31(26(34)36-22)13-17-6-2-3-8-19(17)27/h2-12H,13-14H2,1H3,(H,30,32)/b22-12-. The van der Waals surface area contributed by atoms with Crippen LogP contribution in [0.25, 0.3) is 6.08 Å². The van der Waals surface area contributed by atoms with Crippen molar-refractivity contribution in [2.24, 2.45) is 0 Å². The molecule has 1 aliphatic rings. The Kier molecular flexibility index (Phi) is 8.71. The third kappa shape index (κ3) is 6.47. The molecule has 4 rings (SSSR count). The molecule has 1 saturated heterocycles. The van der Waals surface area contributed by atoms with Gasteiger partial charge in [-0.1, -0.05) is 46.3 Å². The topological polar surface area (TPSA) is 75.7 Å². The fraction of sp³-hybridized carbons (Fsp3) is 0.115. The minimum absolute atomic E-state index is 0.182. The minimum atomic E-state index is -0.346. The Balaban J connectivity index is 1.44. The first-order chi connectivity index (χ1) is 17.2. The van der Waals surface area contributed by atoms with E-state index in [1.165, 1.54) is 4.90 Å². The molecule has 3 aromatic carbocycles. The molecule has 1 aliphatic heterocycles. The fourth-order valence-electron chi connectivity index (χ4n) is 3.44. The van der Waals surface area contributed by atoms with Crippen LogP contribution < -0.4 is 10.1 Å². The number of hydrogen-bond donors (Lipinski definition) is 1. The number of anilines is 1. The highest BCUT2D eigenvalue weighted by atomic mass is 79.9. The maximum absolute atomic E-state index is 12.9. The number of nitrogens with one attached hydrogen (secondary N) is 1. The highest BCUT2D eigenvalue weighted by Gasteiger charge is 2.35. The van der Waals surface area contributed by atoms with E-state index < -0.39 is 0 Å². The summed E-state index contributed by atoms with van der Waals surface area (Å²) in [5, 5.41) is 2.48. The fourth-order valence-corrected chi connectivity index (χ4v) is 6.14. The zero-order valence-electron chi connectivity index (χ0n) is 18.9. The lowest BCUT2D eigenvalue weighted by atomic mass is 10.2. The van der Waals surface area contributed by atoms with Gasteiger partial charge in [0.1, 0.15) is 5.75 Å². The Bertz CT molecular complexity index is 1370. The van der Waals surface area contributed by atoms with Gasteiger partial charge in [0.25, 0.3) is 17.1 Å². The van der Waals surface area contributed by atoms with E-state index in [1.807, 2.05) is 55.5 Å². The monoisotopic (exact) mass is 692 g/mol. The average Bonchev–Trinajstić information content (AvgIpc) is 3.07. The number of amides is 3. The minimum Gasteiger partial charge on any atom is -0.481 e.